The van der Waals surface area contributed by atoms with Crippen LogP contribution in [0.4, 0.5) is 24.8 Å². The van der Waals surface area contributed by atoms with E-state index in [1.54, 1.807) is 13.0 Å². The topological polar surface area (TPSA) is 62.3 Å². The molecule has 9 heteroatoms. The molecule has 1 fully saturated rings. The zero-order valence-electron chi connectivity index (χ0n) is 20.9. The lowest BCUT2D eigenvalue weighted by atomic mass is 9.87. The quantitative estimate of drug-likeness (QED) is 0.509. The van der Waals surface area contributed by atoms with Crippen molar-refractivity contribution in [1.29, 1.82) is 0 Å². The van der Waals surface area contributed by atoms with Crippen LogP contribution in [0.15, 0.2) is 31.1 Å². The number of ether oxygens (including phenoxy) is 1. The first-order valence-corrected chi connectivity index (χ1v) is 12.8. The molecule has 0 unspecified atom stereocenters. The molecule has 0 radical (unpaired) electrons. The van der Waals surface area contributed by atoms with Crippen molar-refractivity contribution in [3.63, 3.8) is 0 Å². The van der Waals surface area contributed by atoms with Crippen LogP contribution in [0.5, 0.6) is 0 Å². The lowest BCUT2D eigenvalue weighted by Gasteiger charge is -2.34. The Hall–Kier alpha value is -2.65. The Bertz CT molecular complexity index is 1030. The van der Waals surface area contributed by atoms with Crippen LogP contribution >= 0.6 is 0 Å². The number of fused-ring (bicyclic) bond motifs is 11. The standard InChI is InChI=1S/C27H36F3N5O/c1-3-21-25-31-11-5-15-36-16-6-12-35-13-9-20(10-14-35)17-27(29,30)23-8-4-7-22(24(23)28)19(2)34-26(21)33-18-32-25/h3-4,7-8,18-20H,1,5-6,9-17H2,2H3,(H2,31,32,33,34)/t19-/m1/s1. The average molecular weight is 504 g/mol. The Morgan fingerprint density at radius 1 is 1.11 bits per heavy atom. The summed E-state index contributed by atoms with van der Waals surface area (Å²) in [6.07, 6.45) is 5.81. The van der Waals surface area contributed by atoms with Gasteiger partial charge < -0.3 is 20.3 Å². The van der Waals surface area contributed by atoms with Gasteiger partial charge in [0.2, 0.25) is 0 Å². The van der Waals surface area contributed by atoms with Crippen molar-refractivity contribution in [3.05, 3.63) is 53.6 Å². The van der Waals surface area contributed by atoms with Gasteiger partial charge in [-0.05, 0) is 51.6 Å². The number of nitrogens with one attached hydrogen (secondary N) is 2. The number of alkyl halides is 2. The van der Waals surface area contributed by atoms with E-state index in [0.717, 1.165) is 32.5 Å². The highest BCUT2D eigenvalue weighted by Crippen LogP contribution is 2.40. The highest BCUT2D eigenvalue weighted by atomic mass is 19.3. The van der Waals surface area contributed by atoms with Crippen LogP contribution in [-0.2, 0) is 10.7 Å². The predicted octanol–water partition coefficient (Wildman–Crippen LogP) is 5.85. The molecule has 1 aromatic heterocycles. The second kappa shape index (κ2) is 12.1. The molecule has 1 saturated heterocycles. The molecule has 1 aromatic carbocycles. The predicted molar refractivity (Wildman–Crippen MR) is 137 cm³/mol. The maximum atomic E-state index is 15.5. The number of benzene rings is 1. The zero-order chi connectivity index (χ0) is 25.5. The van der Waals surface area contributed by atoms with E-state index in [9.17, 15) is 0 Å². The van der Waals surface area contributed by atoms with Gasteiger partial charge in [0.05, 0.1) is 17.2 Å². The van der Waals surface area contributed by atoms with E-state index in [0.29, 0.717) is 49.8 Å². The van der Waals surface area contributed by atoms with Gasteiger partial charge in [0, 0.05) is 38.3 Å². The molecule has 5 rings (SSSR count). The van der Waals surface area contributed by atoms with E-state index < -0.39 is 23.3 Å². The SMILES string of the molecule is C=Cc1c2ncnc1N[C@H](C)c1cccc(c1F)C(F)(F)CC1CCN(CCCOCCCN2)CC1. The van der Waals surface area contributed by atoms with Crippen LogP contribution in [0.3, 0.4) is 0 Å². The van der Waals surface area contributed by atoms with E-state index in [4.69, 9.17) is 4.74 Å². The number of piperidine rings is 1. The molecule has 3 aliphatic heterocycles. The Labute approximate surface area is 211 Å². The minimum Gasteiger partial charge on any atom is -0.381 e. The van der Waals surface area contributed by atoms with Crippen LogP contribution in [0, 0.1) is 11.7 Å². The molecular weight excluding hydrogens is 467 g/mol. The van der Waals surface area contributed by atoms with Crippen molar-refractivity contribution in [2.75, 3.05) is 50.0 Å². The van der Waals surface area contributed by atoms with Gasteiger partial charge >= 0.3 is 0 Å². The van der Waals surface area contributed by atoms with Crippen LogP contribution in [-0.4, -0.2) is 54.3 Å². The molecule has 1 atom stereocenters. The van der Waals surface area contributed by atoms with Crippen molar-refractivity contribution < 1.29 is 17.9 Å². The van der Waals surface area contributed by atoms with Crippen LogP contribution in [0.25, 0.3) is 6.08 Å². The summed E-state index contributed by atoms with van der Waals surface area (Å²) in [6, 6.07) is 3.65. The molecule has 2 N–H and O–H groups in total. The number of aromatic nitrogens is 2. The maximum absolute atomic E-state index is 15.5. The van der Waals surface area contributed by atoms with E-state index in [1.807, 2.05) is 0 Å². The van der Waals surface area contributed by atoms with E-state index in [-0.39, 0.29) is 17.9 Å². The Morgan fingerprint density at radius 3 is 2.64 bits per heavy atom. The van der Waals surface area contributed by atoms with Crippen LogP contribution in [0.1, 0.15) is 61.8 Å². The number of hydrogen-bond acceptors (Lipinski definition) is 6. The summed E-state index contributed by atoms with van der Waals surface area (Å²) < 4.78 is 52.0. The van der Waals surface area contributed by atoms with Gasteiger partial charge in [-0.1, -0.05) is 30.9 Å². The maximum Gasteiger partial charge on any atom is 0.276 e. The second-order valence-electron chi connectivity index (χ2n) is 9.70. The number of halogens is 3. The molecule has 6 nitrogen and oxygen atoms in total. The molecule has 0 amide bonds. The number of hydrogen-bond donors (Lipinski definition) is 2. The fourth-order valence-electron chi connectivity index (χ4n) is 5.05. The molecular formula is C27H36F3N5O. The second-order valence-corrected chi connectivity index (χ2v) is 9.70. The summed E-state index contributed by atoms with van der Waals surface area (Å²) in [6.45, 7) is 10.0. The molecule has 4 heterocycles. The lowest BCUT2D eigenvalue weighted by molar-refractivity contribution is -0.0403. The molecule has 196 valence electrons. The third-order valence-electron chi connectivity index (χ3n) is 7.10. The van der Waals surface area contributed by atoms with Gasteiger partial charge in [-0.15, -0.1) is 0 Å². The van der Waals surface area contributed by atoms with Gasteiger partial charge in [0.25, 0.3) is 5.92 Å². The minimum absolute atomic E-state index is 0.133. The van der Waals surface area contributed by atoms with E-state index in [1.165, 1.54) is 24.5 Å². The monoisotopic (exact) mass is 503 g/mol. The van der Waals surface area contributed by atoms with Gasteiger partial charge in [0.15, 0.2) is 0 Å². The zero-order valence-corrected chi connectivity index (χ0v) is 20.9. The fourth-order valence-corrected chi connectivity index (χ4v) is 5.05. The number of nitrogens with zero attached hydrogens (tertiary/aromatic N) is 3. The Kier molecular flexibility index (Phi) is 8.85. The largest absolute Gasteiger partial charge is 0.381 e. The molecule has 0 aliphatic carbocycles. The summed E-state index contributed by atoms with van der Waals surface area (Å²) >= 11 is 0. The normalized spacial score (nSPS) is 25.5. The molecule has 6 bridgehead atoms. The Morgan fingerprint density at radius 2 is 1.86 bits per heavy atom. The lowest BCUT2D eigenvalue weighted by Crippen LogP contribution is -2.36. The van der Waals surface area contributed by atoms with Crippen LogP contribution in [0.2, 0.25) is 0 Å². The number of anilines is 2. The molecule has 3 aliphatic rings. The molecule has 36 heavy (non-hydrogen) atoms. The van der Waals surface area contributed by atoms with Gasteiger partial charge in [-0.2, -0.15) is 0 Å². The molecule has 0 saturated carbocycles. The van der Waals surface area contributed by atoms with Crippen molar-refractivity contribution in [3.8, 4) is 0 Å². The van der Waals surface area contributed by atoms with Crippen molar-refractivity contribution >= 4 is 17.7 Å². The highest BCUT2D eigenvalue weighted by molar-refractivity contribution is 5.72. The minimum atomic E-state index is -3.24. The highest BCUT2D eigenvalue weighted by Gasteiger charge is 2.39. The first-order valence-electron chi connectivity index (χ1n) is 12.8. The molecule has 0 spiro atoms. The first-order chi connectivity index (χ1) is 17.4. The third-order valence-corrected chi connectivity index (χ3v) is 7.10. The van der Waals surface area contributed by atoms with Crippen molar-refractivity contribution in [2.24, 2.45) is 5.92 Å². The van der Waals surface area contributed by atoms with Crippen LogP contribution < -0.4 is 10.6 Å². The first kappa shape index (κ1) is 26.4. The average Bonchev–Trinajstić information content (AvgIpc) is 2.86. The summed E-state index contributed by atoms with van der Waals surface area (Å²) in [5.41, 5.74) is 0.271. The smallest absolute Gasteiger partial charge is 0.276 e. The fraction of sp³-hybridized carbons (Fsp3) is 0.556. The summed E-state index contributed by atoms with van der Waals surface area (Å²) in [5, 5.41) is 6.45. The Balaban J connectivity index is 1.60. The van der Waals surface area contributed by atoms with Gasteiger partial charge in [-0.3, -0.25) is 0 Å². The summed E-state index contributed by atoms with van der Waals surface area (Å²) in [4.78, 5) is 10.9. The van der Waals surface area contributed by atoms with Crippen molar-refractivity contribution in [1.82, 2.24) is 14.9 Å². The van der Waals surface area contributed by atoms with Crippen molar-refractivity contribution in [2.45, 2.75) is 51.0 Å². The summed E-state index contributed by atoms with van der Waals surface area (Å²) in [7, 11) is 0. The summed E-state index contributed by atoms with van der Waals surface area (Å²) in [5.74, 6) is -3.19. The van der Waals surface area contributed by atoms with Gasteiger partial charge in [0.1, 0.15) is 23.8 Å². The van der Waals surface area contributed by atoms with E-state index >= 15 is 13.2 Å². The van der Waals surface area contributed by atoms with E-state index in [2.05, 4.69) is 32.1 Å². The molecule has 2 aromatic rings. The third kappa shape index (κ3) is 6.37. The number of rotatable bonds is 1. The van der Waals surface area contributed by atoms with Gasteiger partial charge in [-0.25, -0.2) is 23.1 Å².